The number of nitrogens with one attached hydrogen (secondary N) is 1. The van der Waals surface area contributed by atoms with Gasteiger partial charge in [-0.3, -0.25) is 0 Å². The van der Waals surface area contributed by atoms with Crippen LogP contribution < -0.4 is 10.1 Å². The summed E-state index contributed by atoms with van der Waals surface area (Å²) in [5, 5.41) is 7.81. The van der Waals surface area contributed by atoms with Crippen molar-refractivity contribution in [3.63, 3.8) is 0 Å². The fraction of sp³-hybridized carbons (Fsp3) is 0.438. The molecule has 0 atom stereocenters. The van der Waals surface area contributed by atoms with Gasteiger partial charge in [-0.2, -0.15) is 5.10 Å². The molecule has 5 nitrogen and oxygen atoms in total. The third kappa shape index (κ3) is 3.76. The average molecular weight is 288 g/mol. The normalized spacial score (nSPS) is 11.0. The van der Waals surface area contributed by atoms with Crippen LogP contribution >= 0.6 is 0 Å². The Hall–Kier alpha value is -2.01. The molecule has 0 aliphatic rings. The van der Waals surface area contributed by atoms with Gasteiger partial charge in [0.2, 0.25) is 5.88 Å². The minimum absolute atomic E-state index is 0.704. The summed E-state index contributed by atoms with van der Waals surface area (Å²) in [6.45, 7) is 3.66. The zero-order chi connectivity index (χ0) is 15.4. The van der Waals surface area contributed by atoms with Crippen LogP contribution in [0.1, 0.15) is 16.8 Å². The van der Waals surface area contributed by atoms with Crippen molar-refractivity contribution in [2.45, 2.75) is 20.0 Å². The second-order valence-corrected chi connectivity index (χ2v) is 5.49. The highest BCUT2D eigenvalue weighted by Crippen LogP contribution is 2.22. The molecule has 0 fully saturated rings. The van der Waals surface area contributed by atoms with Crippen molar-refractivity contribution in [1.82, 2.24) is 14.7 Å². The molecule has 1 heterocycles. The Morgan fingerprint density at radius 3 is 2.48 bits per heavy atom. The molecule has 0 aliphatic carbocycles. The maximum absolute atomic E-state index is 5.40. The molecule has 0 radical (unpaired) electrons. The molecule has 0 spiro atoms. The summed E-state index contributed by atoms with van der Waals surface area (Å²) < 4.78 is 7.17. The van der Waals surface area contributed by atoms with E-state index in [9.17, 15) is 0 Å². The number of aromatic nitrogens is 2. The van der Waals surface area contributed by atoms with E-state index >= 15 is 0 Å². The minimum Gasteiger partial charge on any atom is -0.481 e. The van der Waals surface area contributed by atoms with Crippen molar-refractivity contribution in [3.8, 4) is 5.88 Å². The molecule has 0 saturated carbocycles. The fourth-order valence-electron chi connectivity index (χ4n) is 2.42. The van der Waals surface area contributed by atoms with Gasteiger partial charge in [-0.25, -0.2) is 4.68 Å². The van der Waals surface area contributed by atoms with E-state index < -0.39 is 0 Å². The molecule has 1 N–H and O–H groups in total. The van der Waals surface area contributed by atoms with Crippen molar-refractivity contribution < 1.29 is 4.74 Å². The SMILES string of the molecule is COc1c(CNc2ccc(CN(C)C)cc2)c(C)nn1C. The standard InChI is InChI=1S/C16H24N4O/c1-12-15(16(21-5)20(4)18-12)10-17-14-8-6-13(7-9-14)11-19(2)3/h6-9,17H,10-11H2,1-5H3. The van der Waals surface area contributed by atoms with Gasteiger partial charge in [0.15, 0.2) is 0 Å². The van der Waals surface area contributed by atoms with E-state index in [4.69, 9.17) is 4.74 Å². The molecule has 2 rings (SSSR count). The molecule has 5 heteroatoms. The molecule has 0 saturated heterocycles. The first-order valence-corrected chi connectivity index (χ1v) is 7.05. The molecule has 0 amide bonds. The van der Waals surface area contributed by atoms with Crippen LogP contribution in [0.5, 0.6) is 5.88 Å². The van der Waals surface area contributed by atoms with Crippen molar-refractivity contribution in [2.24, 2.45) is 7.05 Å². The molecule has 0 aliphatic heterocycles. The Labute approximate surface area is 126 Å². The van der Waals surface area contributed by atoms with E-state index in [-0.39, 0.29) is 0 Å². The molecule has 114 valence electrons. The topological polar surface area (TPSA) is 42.3 Å². The van der Waals surface area contributed by atoms with E-state index in [1.807, 2.05) is 14.0 Å². The number of nitrogens with zero attached hydrogens (tertiary/aromatic N) is 3. The Bertz CT molecular complexity index is 587. The highest BCUT2D eigenvalue weighted by molar-refractivity contribution is 5.46. The maximum Gasteiger partial charge on any atom is 0.216 e. The van der Waals surface area contributed by atoms with Crippen molar-refractivity contribution in [1.29, 1.82) is 0 Å². The van der Waals surface area contributed by atoms with Gasteiger partial charge < -0.3 is 15.0 Å². The molecule has 1 aromatic heterocycles. The van der Waals surface area contributed by atoms with E-state index in [2.05, 4.69) is 53.7 Å². The lowest BCUT2D eigenvalue weighted by atomic mass is 10.2. The molecular formula is C16H24N4O. The van der Waals surface area contributed by atoms with Crippen LogP contribution in [0.4, 0.5) is 5.69 Å². The molecule has 1 aromatic carbocycles. The summed E-state index contributed by atoms with van der Waals surface area (Å²) >= 11 is 0. The van der Waals surface area contributed by atoms with Gasteiger partial charge in [0.05, 0.1) is 18.4 Å². The molecule has 21 heavy (non-hydrogen) atoms. The van der Waals surface area contributed by atoms with Crippen LogP contribution in [-0.4, -0.2) is 35.9 Å². The fourth-order valence-corrected chi connectivity index (χ4v) is 2.42. The summed E-state index contributed by atoms with van der Waals surface area (Å²) in [7, 11) is 7.72. The average Bonchev–Trinajstić information content (AvgIpc) is 2.71. The Morgan fingerprint density at radius 2 is 1.90 bits per heavy atom. The Balaban J connectivity index is 2.03. The van der Waals surface area contributed by atoms with E-state index in [1.54, 1.807) is 11.8 Å². The summed E-state index contributed by atoms with van der Waals surface area (Å²) in [4.78, 5) is 2.16. The van der Waals surface area contributed by atoms with Crippen LogP contribution in [0.3, 0.4) is 0 Å². The van der Waals surface area contributed by atoms with Crippen molar-refractivity contribution >= 4 is 5.69 Å². The maximum atomic E-state index is 5.40. The Kier molecular flexibility index (Phi) is 4.85. The van der Waals surface area contributed by atoms with Gasteiger partial charge in [0.1, 0.15) is 0 Å². The van der Waals surface area contributed by atoms with Crippen LogP contribution in [0.2, 0.25) is 0 Å². The first-order valence-electron chi connectivity index (χ1n) is 7.05. The number of aryl methyl sites for hydroxylation is 2. The largest absolute Gasteiger partial charge is 0.481 e. The van der Waals surface area contributed by atoms with Crippen LogP contribution in [0.25, 0.3) is 0 Å². The number of rotatable bonds is 6. The summed E-state index contributed by atoms with van der Waals surface area (Å²) in [5.74, 6) is 0.809. The predicted molar refractivity (Wildman–Crippen MR) is 85.7 cm³/mol. The zero-order valence-electron chi connectivity index (χ0n) is 13.5. The number of hydrogen-bond acceptors (Lipinski definition) is 4. The first kappa shape index (κ1) is 15.4. The smallest absolute Gasteiger partial charge is 0.216 e. The number of hydrogen-bond donors (Lipinski definition) is 1. The number of benzene rings is 1. The molecule has 0 bridgehead atoms. The van der Waals surface area contributed by atoms with Crippen molar-refractivity contribution in [3.05, 3.63) is 41.1 Å². The van der Waals surface area contributed by atoms with E-state index in [0.29, 0.717) is 6.54 Å². The third-order valence-corrected chi connectivity index (χ3v) is 3.40. The van der Waals surface area contributed by atoms with Crippen LogP contribution in [0.15, 0.2) is 24.3 Å². The summed E-state index contributed by atoms with van der Waals surface area (Å²) in [5.41, 5.74) is 4.49. The van der Waals surface area contributed by atoms with Gasteiger partial charge in [0, 0.05) is 25.8 Å². The molecule has 0 unspecified atom stereocenters. The van der Waals surface area contributed by atoms with Gasteiger partial charge >= 0.3 is 0 Å². The minimum atomic E-state index is 0.704. The van der Waals surface area contributed by atoms with Gasteiger partial charge in [0.25, 0.3) is 0 Å². The number of anilines is 1. The van der Waals surface area contributed by atoms with Gasteiger partial charge in [-0.1, -0.05) is 12.1 Å². The highest BCUT2D eigenvalue weighted by Gasteiger charge is 2.13. The van der Waals surface area contributed by atoms with Crippen molar-refractivity contribution in [2.75, 3.05) is 26.5 Å². The number of methoxy groups -OCH3 is 1. The highest BCUT2D eigenvalue weighted by atomic mass is 16.5. The quantitative estimate of drug-likeness (QED) is 0.886. The lowest BCUT2D eigenvalue weighted by Gasteiger charge is -2.11. The molecule has 2 aromatic rings. The van der Waals surface area contributed by atoms with Crippen LogP contribution in [-0.2, 0) is 20.1 Å². The van der Waals surface area contributed by atoms with Gasteiger partial charge in [-0.05, 0) is 38.7 Å². The second kappa shape index (κ2) is 6.63. The lowest BCUT2D eigenvalue weighted by molar-refractivity contribution is 0.370. The summed E-state index contributed by atoms with van der Waals surface area (Å²) in [6, 6.07) is 8.51. The Morgan fingerprint density at radius 1 is 1.24 bits per heavy atom. The summed E-state index contributed by atoms with van der Waals surface area (Å²) in [6.07, 6.45) is 0. The monoisotopic (exact) mass is 288 g/mol. The second-order valence-electron chi connectivity index (χ2n) is 5.49. The van der Waals surface area contributed by atoms with E-state index in [0.717, 1.165) is 29.4 Å². The molecular weight excluding hydrogens is 264 g/mol. The lowest BCUT2D eigenvalue weighted by Crippen LogP contribution is -2.10. The first-order chi connectivity index (χ1) is 10.0. The van der Waals surface area contributed by atoms with E-state index in [1.165, 1.54) is 5.56 Å². The van der Waals surface area contributed by atoms with Gasteiger partial charge in [-0.15, -0.1) is 0 Å². The van der Waals surface area contributed by atoms with Crippen LogP contribution in [0, 0.1) is 6.92 Å². The number of ether oxygens (including phenoxy) is 1. The third-order valence-electron chi connectivity index (χ3n) is 3.40. The predicted octanol–water partition coefficient (Wildman–Crippen LogP) is 2.41. The zero-order valence-corrected chi connectivity index (χ0v) is 13.5.